The summed E-state index contributed by atoms with van der Waals surface area (Å²) in [7, 11) is 0. The largest absolute Gasteiger partial charge is 0.507 e. The van der Waals surface area contributed by atoms with Gasteiger partial charge >= 0.3 is 0 Å². The zero-order chi connectivity index (χ0) is 18.2. The Bertz CT molecular complexity index is 715. The third-order valence-corrected chi connectivity index (χ3v) is 3.72. The molecule has 0 aromatic heterocycles. The van der Waals surface area contributed by atoms with Gasteiger partial charge in [-0.25, -0.2) is 0 Å². The minimum atomic E-state index is -0.808. The Morgan fingerprint density at radius 2 is 1.96 bits per heavy atom. The molecule has 1 atom stereocenters. The van der Waals surface area contributed by atoms with Crippen molar-refractivity contribution in [3.05, 3.63) is 54.1 Å². The molecule has 5 heteroatoms. The Morgan fingerprint density at radius 1 is 1.20 bits per heavy atom. The lowest BCUT2D eigenvalue weighted by Gasteiger charge is -2.17. The highest BCUT2D eigenvalue weighted by Crippen LogP contribution is 2.33. The zero-order valence-corrected chi connectivity index (χ0v) is 14.4. The lowest BCUT2D eigenvalue weighted by Crippen LogP contribution is -2.25. The monoisotopic (exact) mass is 343 g/mol. The van der Waals surface area contributed by atoms with E-state index in [9.17, 15) is 10.2 Å². The van der Waals surface area contributed by atoms with Crippen molar-refractivity contribution in [2.24, 2.45) is 0 Å². The Kier molecular flexibility index (Phi) is 6.71. The first-order valence-electron chi connectivity index (χ1n) is 8.31. The Balaban J connectivity index is 1.95. The maximum absolute atomic E-state index is 10.3. The van der Waals surface area contributed by atoms with E-state index in [1.165, 1.54) is 0 Å². The summed E-state index contributed by atoms with van der Waals surface area (Å²) in [6, 6.07) is 10.5. The third-order valence-electron chi connectivity index (χ3n) is 3.72. The van der Waals surface area contributed by atoms with Crippen LogP contribution in [0.3, 0.4) is 0 Å². The number of nitrogens with two attached hydrogens (primary N) is 1. The average molecular weight is 343 g/mol. The van der Waals surface area contributed by atoms with E-state index in [1.807, 2.05) is 6.92 Å². The molecule has 0 bridgehead atoms. The molecule has 2 aromatic carbocycles. The van der Waals surface area contributed by atoms with E-state index in [1.54, 1.807) is 42.5 Å². The SMILES string of the molecule is C=Cc1ccc(OCC(O)COc2cccc(N)c2)c(CCC)c1O. The summed E-state index contributed by atoms with van der Waals surface area (Å²) < 4.78 is 11.2. The van der Waals surface area contributed by atoms with Crippen LogP contribution in [0.25, 0.3) is 6.08 Å². The van der Waals surface area contributed by atoms with E-state index in [2.05, 4.69) is 6.58 Å². The maximum atomic E-state index is 10.3. The van der Waals surface area contributed by atoms with E-state index in [-0.39, 0.29) is 19.0 Å². The van der Waals surface area contributed by atoms with Crippen molar-refractivity contribution in [3.63, 3.8) is 0 Å². The lowest BCUT2D eigenvalue weighted by molar-refractivity contribution is 0.0622. The van der Waals surface area contributed by atoms with Gasteiger partial charge in [-0.15, -0.1) is 0 Å². The predicted octanol–water partition coefficient (Wildman–Crippen LogP) is 3.39. The molecule has 0 heterocycles. The third kappa shape index (κ3) is 5.16. The van der Waals surface area contributed by atoms with Crippen LogP contribution in [0.15, 0.2) is 43.0 Å². The van der Waals surface area contributed by atoms with Gasteiger partial charge in [-0.3, -0.25) is 0 Å². The summed E-state index contributed by atoms with van der Waals surface area (Å²) in [6.45, 7) is 5.86. The number of aliphatic hydroxyl groups excluding tert-OH is 1. The molecule has 0 aliphatic heterocycles. The lowest BCUT2D eigenvalue weighted by atomic mass is 10.0. The molecule has 5 nitrogen and oxygen atoms in total. The molecule has 0 saturated carbocycles. The fraction of sp³-hybridized carbons (Fsp3) is 0.300. The van der Waals surface area contributed by atoms with Gasteiger partial charge in [0.25, 0.3) is 0 Å². The molecule has 2 rings (SSSR count). The van der Waals surface area contributed by atoms with E-state index < -0.39 is 6.10 Å². The first-order chi connectivity index (χ1) is 12.0. The minimum absolute atomic E-state index is 0.0614. The normalized spacial score (nSPS) is 11.8. The van der Waals surface area contributed by atoms with Crippen molar-refractivity contribution in [3.8, 4) is 17.2 Å². The van der Waals surface area contributed by atoms with Crippen molar-refractivity contribution >= 4 is 11.8 Å². The number of rotatable bonds is 9. The first kappa shape index (κ1) is 18.7. The molecule has 4 N–H and O–H groups in total. The molecule has 0 radical (unpaired) electrons. The summed E-state index contributed by atoms with van der Waals surface area (Å²) in [5, 5.41) is 20.4. The molecule has 0 fully saturated rings. The number of hydrogen-bond acceptors (Lipinski definition) is 5. The van der Waals surface area contributed by atoms with Gasteiger partial charge in [0.1, 0.15) is 36.6 Å². The smallest absolute Gasteiger partial charge is 0.129 e. The van der Waals surface area contributed by atoms with E-state index in [0.717, 1.165) is 12.0 Å². The van der Waals surface area contributed by atoms with Crippen molar-refractivity contribution in [1.29, 1.82) is 0 Å². The number of phenols is 1. The highest BCUT2D eigenvalue weighted by molar-refractivity contribution is 5.61. The summed E-state index contributed by atoms with van der Waals surface area (Å²) in [5.41, 5.74) is 7.68. The van der Waals surface area contributed by atoms with Crippen LogP contribution >= 0.6 is 0 Å². The van der Waals surface area contributed by atoms with Crippen LogP contribution in [0.5, 0.6) is 17.2 Å². The van der Waals surface area contributed by atoms with Crippen molar-refractivity contribution < 1.29 is 19.7 Å². The number of ether oxygens (including phenoxy) is 2. The number of phenolic OH excluding ortho intramolecular Hbond substituents is 1. The number of aromatic hydroxyl groups is 1. The molecule has 0 amide bonds. The Hall–Kier alpha value is -2.66. The van der Waals surface area contributed by atoms with E-state index in [0.29, 0.717) is 29.2 Å². The maximum Gasteiger partial charge on any atom is 0.129 e. The Morgan fingerprint density at radius 3 is 2.64 bits per heavy atom. The molecule has 0 saturated heterocycles. The van der Waals surface area contributed by atoms with Crippen LogP contribution < -0.4 is 15.2 Å². The second-order valence-corrected chi connectivity index (χ2v) is 5.78. The van der Waals surface area contributed by atoms with Gasteiger partial charge in [0.2, 0.25) is 0 Å². The molecule has 25 heavy (non-hydrogen) atoms. The van der Waals surface area contributed by atoms with Gasteiger partial charge in [-0.1, -0.05) is 32.1 Å². The van der Waals surface area contributed by atoms with Gasteiger partial charge < -0.3 is 25.4 Å². The highest BCUT2D eigenvalue weighted by Gasteiger charge is 2.14. The van der Waals surface area contributed by atoms with Crippen molar-refractivity contribution in [2.45, 2.75) is 25.9 Å². The van der Waals surface area contributed by atoms with Gasteiger partial charge in [-0.05, 0) is 30.7 Å². The van der Waals surface area contributed by atoms with Gasteiger partial charge in [0.15, 0.2) is 0 Å². The standard InChI is InChI=1S/C20H25NO4/c1-3-6-18-19(10-9-14(4-2)20(18)23)25-13-16(22)12-24-17-8-5-7-15(21)11-17/h4-5,7-11,16,22-23H,2-3,6,12-13,21H2,1H3. The minimum Gasteiger partial charge on any atom is -0.507 e. The molecule has 0 spiro atoms. The van der Waals surface area contributed by atoms with Gasteiger partial charge in [0.05, 0.1) is 0 Å². The van der Waals surface area contributed by atoms with Crippen LogP contribution in [-0.2, 0) is 6.42 Å². The molecule has 134 valence electrons. The molecule has 2 aromatic rings. The van der Waals surface area contributed by atoms with Crippen LogP contribution in [0.4, 0.5) is 5.69 Å². The number of nitrogen functional groups attached to an aromatic ring is 1. The van der Waals surface area contributed by atoms with E-state index in [4.69, 9.17) is 15.2 Å². The molecule has 1 unspecified atom stereocenters. The predicted molar refractivity (Wildman–Crippen MR) is 100 cm³/mol. The second kappa shape index (κ2) is 8.99. The van der Waals surface area contributed by atoms with Crippen LogP contribution in [0.2, 0.25) is 0 Å². The van der Waals surface area contributed by atoms with Crippen molar-refractivity contribution in [2.75, 3.05) is 18.9 Å². The topological polar surface area (TPSA) is 84.9 Å². The number of benzene rings is 2. The summed E-state index contributed by atoms with van der Waals surface area (Å²) in [5.74, 6) is 1.34. The van der Waals surface area contributed by atoms with Gasteiger partial charge in [-0.2, -0.15) is 0 Å². The number of hydrogen-bond donors (Lipinski definition) is 3. The first-order valence-corrected chi connectivity index (χ1v) is 8.31. The van der Waals surface area contributed by atoms with E-state index >= 15 is 0 Å². The molecular formula is C20H25NO4. The molecular weight excluding hydrogens is 318 g/mol. The number of aliphatic hydroxyl groups is 1. The molecule has 0 aliphatic rings. The molecule has 0 aliphatic carbocycles. The fourth-order valence-electron chi connectivity index (χ4n) is 2.46. The van der Waals surface area contributed by atoms with Crippen LogP contribution in [0, 0.1) is 0 Å². The Labute approximate surface area is 148 Å². The summed E-state index contributed by atoms with van der Waals surface area (Å²) >= 11 is 0. The number of anilines is 1. The highest BCUT2D eigenvalue weighted by atomic mass is 16.5. The second-order valence-electron chi connectivity index (χ2n) is 5.78. The zero-order valence-electron chi connectivity index (χ0n) is 14.4. The summed E-state index contributed by atoms with van der Waals surface area (Å²) in [6.07, 6.45) is 2.34. The van der Waals surface area contributed by atoms with Gasteiger partial charge in [0, 0.05) is 22.9 Å². The van der Waals surface area contributed by atoms with Crippen LogP contribution in [0.1, 0.15) is 24.5 Å². The average Bonchev–Trinajstić information content (AvgIpc) is 2.60. The van der Waals surface area contributed by atoms with Crippen LogP contribution in [-0.4, -0.2) is 29.5 Å². The fourth-order valence-corrected chi connectivity index (χ4v) is 2.46. The summed E-state index contributed by atoms with van der Waals surface area (Å²) in [4.78, 5) is 0. The quantitative estimate of drug-likeness (QED) is 0.608. The van der Waals surface area contributed by atoms with Crippen molar-refractivity contribution in [1.82, 2.24) is 0 Å².